The molecule has 16 heavy (non-hydrogen) atoms. The second kappa shape index (κ2) is 4.12. The van der Waals surface area contributed by atoms with Gasteiger partial charge in [-0.3, -0.25) is 9.58 Å². The molecule has 0 unspecified atom stereocenters. The van der Waals surface area contributed by atoms with Crippen LogP contribution in [0.3, 0.4) is 0 Å². The highest BCUT2D eigenvalue weighted by atomic mass is 35.5. The van der Waals surface area contributed by atoms with Crippen LogP contribution < -0.4 is 0 Å². The standard InChI is InChI=1S/C9H10ClN5S/c10-9-8(12-13-16-9)6-14-4-7(5-14)15-3-1-2-11-15/h1-3,7H,4-6H2. The second-order valence-corrected chi connectivity index (χ2v) is 5.18. The molecule has 0 atom stereocenters. The molecule has 0 N–H and O–H groups in total. The Labute approximate surface area is 102 Å². The van der Waals surface area contributed by atoms with E-state index >= 15 is 0 Å². The van der Waals surface area contributed by atoms with E-state index in [0.29, 0.717) is 10.4 Å². The molecule has 3 heterocycles. The van der Waals surface area contributed by atoms with Crippen LogP contribution in [0.2, 0.25) is 4.34 Å². The zero-order valence-electron chi connectivity index (χ0n) is 8.45. The third kappa shape index (κ3) is 1.83. The lowest BCUT2D eigenvalue weighted by Crippen LogP contribution is -2.47. The molecule has 3 rings (SSSR count). The third-order valence-corrected chi connectivity index (χ3v) is 3.70. The number of aromatic nitrogens is 4. The van der Waals surface area contributed by atoms with Gasteiger partial charge in [0.15, 0.2) is 0 Å². The van der Waals surface area contributed by atoms with E-state index in [-0.39, 0.29) is 0 Å². The first-order chi connectivity index (χ1) is 7.83. The summed E-state index contributed by atoms with van der Waals surface area (Å²) in [6, 6.07) is 2.43. The van der Waals surface area contributed by atoms with Crippen molar-refractivity contribution in [3.63, 3.8) is 0 Å². The molecule has 0 radical (unpaired) electrons. The van der Waals surface area contributed by atoms with E-state index in [4.69, 9.17) is 11.6 Å². The highest BCUT2D eigenvalue weighted by Gasteiger charge is 2.29. The molecule has 1 saturated heterocycles. The summed E-state index contributed by atoms with van der Waals surface area (Å²) in [6.07, 6.45) is 3.81. The van der Waals surface area contributed by atoms with Crippen LogP contribution in [-0.4, -0.2) is 37.4 Å². The summed E-state index contributed by atoms with van der Waals surface area (Å²) < 4.78 is 6.51. The highest BCUT2D eigenvalue weighted by molar-refractivity contribution is 7.10. The van der Waals surface area contributed by atoms with Gasteiger partial charge in [0, 0.05) is 43.6 Å². The molecular formula is C9H10ClN5S. The molecule has 0 saturated carbocycles. The van der Waals surface area contributed by atoms with Crippen molar-refractivity contribution in [1.82, 2.24) is 24.3 Å². The Morgan fingerprint density at radius 2 is 2.38 bits per heavy atom. The summed E-state index contributed by atoms with van der Waals surface area (Å²) in [5, 5.41) is 8.22. The highest BCUT2D eigenvalue weighted by Crippen LogP contribution is 2.25. The van der Waals surface area contributed by atoms with Gasteiger partial charge in [0.05, 0.1) is 6.04 Å². The number of halogens is 1. The number of likely N-dealkylation sites (tertiary alicyclic amines) is 1. The van der Waals surface area contributed by atoms with E-state index in [1.54, 1.807) is 0 Å². The first-order valence-corrected chi connectivity index (χ1v) is 6.16. The van der Waals surface area contributed by atoms with Gasteiger partial charge in [-0.2, -0.15) is 5.10 Å². The van der Waals surface area contributed by atoms with Gasteiger partial charge in [-0.05, 0) is 6.07 Å². The molecule has 0 aliphatic carbocycles. The van der Waals surface area contributed by atoms with E-state index < -0.39 is 0 Å². The average molecular weight is 256 g/mol. The Balaban J connectivity index is 1.56. The largest absolute Gasteiger partial charge is 0.293 e. The Morgan fingerprint density at radius 1 is 1.50 bits per heavy atom. The minimum absolute atomic E-state index is 0.486. The van der Waals surface area contributed by atoms with Crippen LogP contribution in [0.5, 0.6) is 0 Å². The smallest absolute Gasteiger partial charge is 0.138 e. The number of nitrogens with zero attached hydrogens (tertiary/aromatic N) is 5. The number of rotatable bonds is 3. The van der Waals surface area contributed by atoms with Gasteiger partial charge in [0.1, 0.15) is 10.0 Å². The summed E-state index contributed by atoms with van der Waals surface area (Å²) >= 11 is 7.19. The van der Waals surface area contributed by atoms with Crippen molar-refractivity contribution in [2.45, 2.75) is 12.6 Å². The molecule has 2 aromatic rings. The predicted octanol–water partition coefficient (Wildman–Crippen LogP) is 1.44. The van der Waals surface area contributed by atoms with Gasteiger partial charge in [-0.15, -0.1) is 5.10 Å². The first-order valence-electron chi connectivity index (χ1n) is 5.01. The van der Waals surface area contributed by atoms with Crippen LogP contribution in [-0.2, 0) is 6.54 Å². The van der Waals surface area contributed by atoms with Crippen LogP contribution in [0.25, 0.3) is 0 Å². The van der Waals surface area contributed by atoms with Crippen molar-refractivity contribution >= 4 is 23.1 Å². The van der Waals surface area contributed by atoms with Crippen LogP contribution in [0.4, 0.5) is 0 Å². The molecule has 84 valence electrons. The molecule has 0 spiro atoms. The van der Waals surface area contributed by atoms with Crippen LogP contribution in [0, 0.1) is 0 Å². The molecule has 1 aliphatic heterocycles. The quantitative estimate of drug-likeness (QED) is 0.833. The Bertz CT molecular complexity index is 462. The van der Waals surface area contributed by atoms with Crippen molar-refractivity contribution in [3.05, 3.63) is 28.5 Å². The molecule has 2 aromatic heterocycles. The van der Waals surface area contributed by atoms with Crippen LogP contribution in [0.1, 0.15) is 11.7 Å². The lowest BCUT2D eigenvalue weighted by atomic mass is 10.1. The van der Waals surface area contributed by atoms with Gasteiger partial charge in [-0.1, -0.05) is 16.1 Å². The van der Waals surface area contributed by atoms with Crippen molar-refractivity contribution in [3.8, 4) is 0 Å². The maximum absolute atomic E-state index is 5.95. The van der Waals surface area contributed by atoms with Crippen molar-refractivity contribution in [2.75, 3.05) is 13.1 Å². The van der Waals surface area contributed by atoms with Crippen molar-refractivity contribution in [1.29, 1.82) is 0 Å². The summed E-state index contributed by atoms with van der Waals surface area (Å²) in [4.78, 5) is 2.29. The van der Waals surface area contributed by atoms with Crippen molar-refractivity contribution in [2.24, 2.45) is 0 Å². The van der Waals surface area contributed by atoms with Crippen LogP contribution in [0.15, 0.2) is 18.5 Å². The van der Waals surface area contributed by atoms with Gasteiger partial charge in [0.25, 0.3) is 0 Å². The molecule has 1 fully saturated rings. The fourth-order valence-electron chi connectivity index (χ4n) is 1.84. The topological polar surface area (TPSA) is 46.8 Å². The first kappa shape index (κ1) is 10.2. The van der Waals surface area contributed by atoms with Gasteiger partial charge in [0.2, 0.25) is 0 Å². The maximum atomic E-state index is 5.95. The Hall–Kier alpha value is -0.980. The number of hydrogen-bond acceptors (Lipinski definition) is 5. The zero-order valence-corrected chi connectivity index (χ0v) is 10.0. The van der Waals surface area contributed by atoms with Crippen molar-refractivity contribution < 1.29 is 0 Å². The van der Waals surface area contributed by atoms with Crippen LogP contribution >= 0.6 is 23.1 Å². The molecule has 0 amide bonds. The van der Waals surface area contributed by atoms with E-state index in [2.05, 4.69) is 19.6 Å². The van der Waals surface area contributed by atoms with Gasteiger partial charge in [-0.25, -0.2) is 0 Å². The fraction of sp³-hybridized carbons (Fsp3) is 0.444. The normalized spacial score (nSPS) is 17.6. The summed E-state index contributed by atoms with van der Waals surface area (Å²) in [5.41, 5.74) is 0.880. The lowest BCUT2D eigenvalue weighted by molar-refractivity contribution is 0.0896. The molecule has 1 aliphatic rings. The Kier molecular flexibility index (Phi) is 2.62. The molecule has 0 bridgehead atoms. The maximum Gasteiger partial charge on any atom is 0.138 e. The fourth-order valence-corrected chi connectivity index (χ4v) is 2.45. The monoisotopic (exact) mass is 255 g/mol. The van der Waals surface area contributed by atoms with E-state index in [9.17, 15) is 0 Å². The zero-order chi connectivity index (χ0) is 11.0. The molecule has 5 nitrogen and oxygen atoms in total. The lowest BCUT2D eigenvalue weighted by Gasteiger charge is -2.38. The molecule has 7 heteroatoms. The number of hydrogen-bond donors (Lipinski definition) is 0. The SMILES string of the molecule is Clc1snnc1CN1CC(n2cccn2)C1. The minimum atomic E-state index is 0.486. The average Bonchev–Trinajstić information content (AvgIpc) is 2.82. The van der Waals surface area contributed by atoms with Gasteiger partial charge < -0.3 is 0 Å². The van der Waals surface area contributed by atoms with Gasteiger partial charge >= 0.3 is 0 Å². The Morgan fingerprint density at radius 3 is 3.00 bits per heavy atom. The summed E-state index contributed by atoms with van der Waals surface area (Å²) in [7, 11) is 0. The summed E-state index contributed by atoms with van der Waals surface area (Å²) in [6.45, 7) is 2.78. The molecular weight excluding hydrogens is 246 g/mol. The molecule has 0 aromatic carbocycles. The van der Waals surface area contributed by atoms with E-state index in [1.165, 1.54) is 11.5 Å². The van der Waals surface area contributed by atoms with E-state index in [1.807, 2.05) is 23.1 Å². The minimum Gasteiger partial charge on any atom is -0.293 e. The van der Waals surface area contributed by atoms with E-state index in [0.717, 1.165) is 25.3 Å². The summed E-state index contributed by atoms with van der Waals surface area (Å²) in [5.74, 6) is 0. The third-order valence-electron chi connectivity index (χ3n) is 2.72. The predicted molar refractivity (Wildman–Crippen MR) is 61.5 cm³/mol. The second-order valence-electron chi connectivity index (χ2n) is 3.83.